The molecule has 3 heterocycles. The highest BCUT2D eigenvalue weighted by Gasteiger charge is 2.37. The van der Waals surface area contributed by atoms with Crippen molar-refractivity contribution in [1.82, 2.24) is 10.6 Å². The number of hydrogen-bond acceptors (Lipinski definition) is 13. The summed E-state index contributed by atoms with van der Waals surface area (Å²) in [5.74, 6) is 0.489. The first-order valence-electron chi connectivity index (χ1n) is 26.9. The number of carbonyl (C=O) groups is 6. The monoisotopic (exact) mass is 1080 g/mol. The molecule has 0 bridgehead atoms. The molecule has 0 fully saturated rings. The van der Waals surface area contributed by atoms with Crippen molar-refractivity contribution in [3.05, 3.63) is 125 Å². The average molecular weight is 1080 g/mol. The van der Waals surface area contributed by atoms with Crippen molar-refractivity contribution in [2.75, 3.05) is 67.6 Å². The zero-order chi connectivity index (χ0) is 56.0. The third-order valence-corrected chi connectivity index (χ3v) is 14.1. The Morgan fingerprint density at radius 1 is 0.785 bits per heavy atom. The lowest BCUT2D eigenvalue weighted by atomic mass is 10.1. The highest BCUT2D eigenvalue weighted by atomic mass is 16.6. The average Bonchev–Trinajstić information content (AvgIpc) is 4.28. The van der Waals surface area contributed by atoms with Crippen molar-refractivity contribution in [1.29, 1.82) is 0 Å². The van der Waals surface area contributed by atoms with Crippen LogP contribution in [0.25, 0.3) is 0 Å². The molecule has 0 saturated carbocycles. The molecular formula is C60H70N8O11. The fraction of sp³-hybridized carbons (Fsp3) is 0.383. The Balaban J connectivity index is 0.883. The maximum absolute atomic E-state index is 14.5. The Labute approximate surface area is 460 Å². The molecule has 19 heteroatoms. The van der Waals surface area contributed by atoms with Gasteiger partial charge in [0.2, 0.25) is 11.8 Å². The summed E-state index contributed by atoms with van der Waals surface area (Å²) in [7, 11) is 4.55. The van der Waals surface area contributed by atoms with Gasteiger partial charge < -0.3 is 45.0 Å². The van der Waals surface area contributed by atoms with Crippen LogP contribution in [-0.4, -0.2) is 102 Å². The maximum Gasteiger partial charge on any atom is 0.414 e. The standard InChI is InChI=1S/C60H70N8O11/c1-38(2)20-25-55(69)65-59(73)64-46(17-11-12-27-61)56(70)63-42-23-21-39(22-24-42)37-79-60(74)66(3)50-35-54(52(76-5)33-45(50)57(71)67-28-26-40-15-7-9-18-48(40)67)78-30-14-6-13-29-77-53-34-47-44(32-51(53)75-4)58(72)68-43(36-62-47)31-41-16-8-10-19-49(41)68/h7-10,15-16,18-19,21-24,32-36,38,43,46H,6,11-14,17,20,25-31,37,61H2,1-5H3,(H,63,70)(H2,64,65,69,73). The number of amides is 7. The summed E-state index contributed by atoms with van der Waals surface area (Å²) in [6.45, 7) is 5.36. The number of anilines is 4. The summed E-state index contributed by atoms with van der Waals surface area (Å²) < 4.78 is 29.7. The van der Waals surface area contributed by atoms with Gasteiger partial charge in [0.05, 0.1) is 56.0 Å². The van der Waals surface area contributed by atoms with Gasteiger partial charge in [-0.2, -0.15) is 0 Å². The van der Waals surface area contributed by atoms with E-state index in [9.17, 15) is 28.8 Å². The van der Waals surface area contributed by atoms with Crippen LogP contribution in [0.4, 0.5) is 38.0 Å². The third-order valence-electron chi connectivity index (χ3n) is 14.1. The fourth-order valence-electron chi connectivity index (χ4n) is 9.72. The van der Waals surface area contributed by atoms with E-state index in [1.54, 1.807) is 65.4 Å². The van der Waals surface area contributed by atoms with Crippen LogP contribution >= 0.6 is 0 Å². The molecule has 7 amide bonds. The van der Waals surface area contributed by atoms with Gasteiger partial charge in [-0.05, 0) is 117 Å². The lowest BCUT2D eigenvalue weighted by Crippen LogP contribution is -2.49. The molecule has 5 aromatic carbocycles. The number of nitrogens with zero attached hydrogens (tertiary/aromatic N) is 4. The van der Waals surface area contributed by atoms with Crippen molar-refractivity contribution in [2.45, 2.75) is 96.7 Å². The van der Waals surface area contributed by atoms with Gasteiger partial charge in [-0.3, -0.25) is 39.3 Å². The van der Waals surface area contributed by atoms with E-state index in [0.29, 0.717) is 122 Å². The number of benzene rings is 5. The number of nitrogens with one attached hydrogen (secondary N) is 3. The maximum atomic E-state index is 14.5. The number of urea groups is 1. The van der Waals surface area contributed by atoms with E-state index >= 15 is 0 Å². The van der Waals surface area contributed by atoms with Crippen LogP contribution in [0.5, 0.6) is 23.0 Å². The van der Waals surface area contributed by atoms with Gasteiger partial charge in [0, 0.05) is 61.8 Å². The fourth-order valence-corrected chi connectivity index (χ4v) is 9.72. The van der Waals surface area contributed by atoms with E-state index in [-0.39, 0.29) is 48.7 Å². The van der Waals surface area contributed by atoms with E-state index in [1.807, 2.05) is 68.6 Å². The zero-order valence-corrected chi connectivity index (χ0v) is 45.5. The molecule has 3 aliphatic heterocycles. The summed E-state index contributed by atoms with van der Waals surface area (Å²) in [5, 5.41) is 7.75. The van der Waals surface area contributed by atoms with E-state index in [0.717, 1.165) is 28.9 Å². The van der Waals surface area contributed by atoms with Crippen molar-refractivity contribution in [3.8, 4) is 23.0 Å². The molecule has 0 radical (unpaired) electrons. The highest BCUT2D eigenvalue weighted by molar-refractivity contribution is 6.15. The minimum absolute atomic E-state index is 0.140. The molecule has 0 saturated heterocycles. The molecule has 0 aliphatic carbocycles. The Hall–Kier alpha value is -8.45. The van der Waals surface area contributed by atoms with Gasteiger partial charge in [0.25, 0.3) is 11.8 Å². The minimum Gasteiger partial charge on any atom is -0.493 e. The number of nitrogens with two attached hydrogens (primary N) is 1. The predicted molar refractivity (Wildman–Crippen MR) is 303 cm³/mol. The van der Waals surface area contributed by atoms with E-state index in [2.05, 4.69) is 16.0 Å². The van der Waals surface area contributed by atoms with Crippen LogP contribution < -0.4 is 55.3 Å². The third kappa shape index (κ3) is 14.0. The number of unbranched alkanes of at least 4 members (excludes halogenated alkanes) is 3. The number of imide groups is 1. The van der Waals surface area contributed by atoms with Gasteiger partial charge in [-0.15, -0.1) is 0 Å². The Bertz CT molecular complexity index is 3050. The first-order chi connectivity index (χ1) is 38.3. The van der Waals surface area contributed by atoms with Crippen LogP contribution in [0, 0.1) is 5.92 Å². The molecule has 19 nitrogen and oxygen atoms in total. The van der Waals surface area contributed by atoms with E-state index in [1.165, 1.54) is 19.1 Å². The van der Waals surface area contributed by atoms with Crippen LogP contribution in [0.2, 0.25) is 0 Å². The summed E-state index contributed by atoms with van der Waals surface area (Å²) in [6, 6.07) is 27.1. The first-order valence-corrected chi connectivity index (χ1v) is 26.9. The minimum atomic E-state index is -0.930. The lowest BCUT2D eigenvalue weighted by molar-refractivity contribution is -0.121. The Kier molecular flexibility index (Phi) is 19.2. The molecule has 2 atom stereocenters. The van der Waals surface area contributed by atoms with E-state index in [4.69, 9.17) is 34.4 Å². The van der Waals surface area contributed by atoms with Crippen LogP contribution in [-0.2, 0) is 33.8 Å². The quantitative estimate of drug-likeness (QED) is 0.0424. The number of aliphatic imine (C=N–C) groups is 1. The molecule has 416 valence electrons. The molecule has 0 spiro atoms. The number of ether oxygens (including phenoxy) is 5. The molecule has 5 aromatic rings. The number of methoxy groups -OCH3 is 2. The molecule has 79 heavy (non-hydrogen) atoms. The SMILES string of the molecule is COc1cc2c(cc1OCCCCCOc1cc(N(C)C(=O)OCc3ccc(NC(=O)C(CCCCN)NC(=O)NC(=O)CCC(C)C)cc3)c(C(=O)N3CCc4ccccc43)cc1OC)N=CC1Cc3ccccc3N1C2=O. The van der Waals surface area contributed by atoms with E-state index < -0.39 is 30.0 Å². The smallest absolute Gasteiger partial charge is 0.414 e. The number of carbonyl (C=O) groups excluding carboxylic acids is 6. The van der Waals surface area contributed by atoms with Crippen LogP contribution in [0.1, 0.15) is 103 Å². The second-order valence-electron chi connectivity index (χ2n) is 20.1. The number of hydrogen-bond donors (Lipinski definition) is 4. The van der Waals surface area contributed by atoms with Crippen molar-refractivity contribution < 1.29 is 52.5 Å². The summed E-state index contributed by atoms with van der Waals surface area (Å²) in [4.78, 5) is 90.1. The van der Waals surface area contributed by atoms with Crippen LogP contribution in [0.3, 0.4) is 0 Å². The van der Waals surface area contributed by atoms with Gasteiger partial charge >= 0.3 is 12.1 Å². The first kappa shape index (κ1) is 56.7. The highest BCUT2D eigenvalue weighted by Crippen LogP contribution is 2.42. The molecular weight excluding hydrogens is 1010 g/mol. The Morgan fingerprint density at radius 3 is 2.18 bits per heavy atom. The number of fused-ring (bicyclic) bond motifs is 5. The second-order valence-corrected chi connectivity index (χ2v) is 20.1. The summed E-state index contributed by atoms with van der Waals surface area (Å²) >= 11 is 0. The van der Waals surface area contributed by atoms with Gasteiger partial charge in [-0.1, -0.05) is 62.4 Å². The molecule has 5 N–H and O–H groups in total. The predicted octanol–water partition coefficient (Wildman–Crippen LogP) is 9.29. The second kappa shape index (κ2) is 26.7. The summed E-state index contributed by atoms with van der Waals surface area (Å²) in [5.41, 5.74) is 12.0. The lowest BCUT2D eigenvalue weighted by Gasteiger charge is -2.25. The zero-order valence-electron chi connectivity index (χ0n) is 45.5. The normalized spacial score (nSPS) is 14.3. The molecule has 0 aromatic heterocycles. The van der Waals surface area contributed by atoms with Crippen LogP contribution in [0.15, 0.2) is 102 Å². The van der Waals surface area contributed by atoms with Gasteiger partial charge in [0.1, 0.15) is 12.6 Å². The topological polar surface area (TPSA) is 233 Å². The Morgan fingerprint density at radius 2 is 1.47 bits per heavy atom. The molecule has 2 unspecified atom stereocenters. The van der Waals surface area contributed by atoms with Crippen molar-refractivity contribution >= 4 is 70.4 Å². The number of rotatable bonds is 24. The molecule has 3 aliphatic rings. The van der Waals surface area contributed by atoms with Crippen molar-refractivity contribution in [2.24, 2.45) is 16.6 Å². The number of para-hydroxylation sites is 2. The van der Waals surface area contributed by atoms with Crippen molar-refractivity contribution in [3.63, 3.8) is 0 Å². The largest absolute Gasteiger partial charge is 0.493 e. The van der Waals surface area contributed by atoms with Gasteiger partial charge in [-0.25, -0.2) is 9.59 Å². The summed E-state index contributed by atoms with van der Waals surface area (Å²) in [6.07, 6.45) is 6.84. The van der Waals surface area contributed by atoms with Gasteiger partial charge in [0.15, 0.2) is 23.0 Å². The molecule has 8 rings (SSSR count).